The summed E-state index contributed by atoms with van der Waals surface area (Å²) in [5, 5.41) is 0. The molecular formula is C16H14BrF3N2O. The SMILES string of the molecule is Cc1nc(-c2cccc(Br)c2)ccc1C(=O)N(C)CC(F)(F)F. The van der Waals surface area contributed by atoms with Crippen molar-refractivity contribution >= 4 is 21.8 Å². The zero-order valence-electron chi connectivity index (χ0n) is 12.5. The maximum atomic E-state index is 12.4. The Hall–Kier alpha value is -1.89. The monoisotopic (exact) mass is 386 g/mol. The third-order valence-electron chi connectivity index (χ3n) is 3.20. The summed E-state index contributed by atoms with van der Waals surface area (Å²) in [6.07, 6.45) is -4.43. The summed E-state index contributed by atoms with van der Waals surface area (Å²) in [6, 6.07) is 10.6. The average molecular weight is 387 g/mol. The van der Waals surface area contributed by atoms with E-state index in [0.29, 0.717) is 16.3 Å². The van der Waals surface area contributed by atoms with E-state index < -0.39 is 18.6 Å². The minimum Gasteiger partial charge on any atom is -0.333 e. The number of pyridine rings is 1. The molecule has 0 N–H and O–H groups in total. The first kappa shape index (κ1) is 17.5. The maximum absolute atomic E-state index is 12.4. The van der Waals surface area contributed by atoms with Gasteiger partial charge in [-0.25, -0.2) is 0 Å². The lowest BCUT2D eigenvalue weighted by molar-refractivity contribution is -0.138. The van der Waals surface area contributed by atoms with Gasteiger partial charge in [0, 0.05) is 17.1 Å². The molecule has 23 heavy (non-hydrogen) atoms. The highest BCUT2D eigenvalue weighted by molar-refractivity contribution is 9.10. The van der Waals surface area contributed by atoms with Gasteiger partial charge in [-0.1, -0.05) is 28.1 Å². The largest absolute Gasteiger partial charge is 0.406 e. The van der Waals surface area contributed by atoms with Crippen LogP contribution >= 0.6 is 15.9 Å². The van der Waals surface area contributed by atoms with Crippen LogP contribution in [0.15, 0.2) is 40.9 Å². The molecule has 0 spiro atoms. The molecule has 0 radical (unpaired) electrons. The zero-order valence-corrected chi connectivity index (χ0v) is 14.1. The van der Waals surface area contributed by atoms with Crippen LogP contribution in [0.4, 0.5) is 13.2 Å². The predicted molar refractivity (Wildman–Crippen MR) is 85.1 cm³/mol. The lowest BCUT2D eigenvalue weighted by Crippen LogP contribution is -2.36. The fourth-order valence-electron chi connectivity index (χ4n) is 2.14. The summed E-state index contributed by atoms with van der Waals surface area (Å²) in [6.45, 7) is 0.314. The summed E-state index contributed by atoms with van der Waals surface area (Å²) in [5.41, 5.74) is 2.06. The van der Waals surface area contributed by atoms with E-state index in [0.717, 1.165) is 17.1 Å². The number of hydrogen-bond donors (Lipinski definition) is 0. The van der Waals surface area contributed by atoms with Crippen LogP contribution in [0.25, 0.3) is 11.3 Å². The average Bonchev–Trinajstić information content (AvgIpc) is 2.44. The molecule has 1 aromatic heterocycles. The van der Waals surface area contributed by atoms with Crippen molar-refractivity contribution in [2.45, 2.75) is 13.1 Å². The Morgan fingerprint density at radius 2 is 1.96 bits per heavy atom. The summed E-state index contributed by atoms with van der Waals surface area (Å²) >= 11 is 3.37. The van der Waals surface area contributed by atoms with Crippen molar-refractivity contribution < 1.29 is 18.0 Å². The van der Waals surface area contributed by atoms with Gasteiger partial charge in [-0.2, -0.15) is 13.2 Å². The van der Waals surface area contributed by atoms with E-state index in [9.17, 15) is 18.0 Å². The highest BCUT2D eigenvalue weighted by atomic mass is 79.9. The number of benzene rings is 1. The lowest BCUT2D eigenvalue weighted by atomic mass is 10.1. The van der Waals surface area contributed by atoms with Crippen molar-refractivity contribution in [1.29, 1.82) is 0 Å². The molecule has 0 saturated heterocycles. The van der Waals surface area contributed by atoms with Crippen molar-refractivity contribution in [3.8, 4) is 11.3 Å². The number of carbonyl (C=O) groups is 1. The van der Waals surface area contributed by atoms with E-state index in [1.54, 1.807) is 13.0 Å². The van der Waals surface area contributed by atoms with Crippen LogP contribution in [-0.4, -0.2) is 35.6 Å². The number of rotatable bonds is 3. The second kappa shape index (κ2) is 6.70. The van der Waals surface area contributed by atoms with Crippen LogP contribution in [0.1, 0.15) is 16.1 Å². The standard InChI is InChI=1S/C16H14BrF3N2O/c1-10-13(15(23)22(2)9-16(18,19)20)6-7-14(21-10)11-4-3-5-12(17)8-11/h3-8H,9H2,1-2H3. The minimum absolute atomic E-state index is 0.162. The van der Waals surface area contributed by atoms with Crippen LogP contribution in [0.3, 0.4) is 0 Å². The fourth-order valence-corrected chi connectivity index (χ4v) is 2.54. The van der Waals surface area contributed by atoms with Gasteiger partial charge in [0.15, 0.2) is 0 Å². The van der Waals surface area contributed by atoms with Gasteiger partial charge in [0.25, 0.3) is 5.91 Å². The van der Waals surface area contributed by atoms with Gasteiger partial charge in [0.2, 0.25) is 0 Å². The molecule has 0 aliphatic rings. The molecule has 0 aliphatic heterocycles. The minimum atomic E-state index is -4.43. The van der Waals surface area contributed by atoms with Crippen LogP contribution in [-0.2, 0) is 0 Å². The van der Waals surface area contributed by atoms with Crippen LogP contribution in [0.2, 0.25) is 0 Å². The van der Waals surface area contributed by atoms with Gasteiger partial charge in [0.05, 0.1) is 17.0 Å². The number of amides is 1. The number of halogens is 4. The van der Waals surface area contributed by atoms with Crippen molar-refractivity contribution in [3.63, 3.8) is 0 Å². The molecule has 2 aromatic rings. The Bertz CT molecular complexity index is 732. The molecule has 1 amide bonds. The van der Waals surface area contributed by atoms with E-state index in [-0.39, 0.29) is 5.56 Å². The Balaban J connectivity index is 2.27. The molecule has 122 valence electrons. The Kier molecular flexibility index (Phi) is 5.09. The molecule has 7 heteroatoms. The van der Waals surface area contributed by atoms with Gasteiger partial charge >= 0.3 is 6.18 Å². The van der Waals surface area contributed by atoms with Crippen molar-refractivity contribution in [2.75, 3.05) is 13.6 Å². The van der Waals surface area contributed by atoms with Crippen LogP contribution in [0.5, 0.6) is 0 Å². The molecule has 0 saturated carbocycles. The van der Waals surface area contributed by atoms with Crippen LogP contribution < -0.4 is 0 Å². The summed E-state index contributed by atoms with van der Waals surface area (Å²) in [4.78, 5) is 17.1. The molecule has 1 aromatic carbocycles. The molecule has 0 fully saturated rings. The molecule has 3 nitrogen and oxygen atoms in total. The van der Waals surface area contributed by atoms with Crippen molar-refractivity contribution in [3.05, 3.63) is 52.1 Å². The lowest BCUT2D eigenvalue weighted by Gasteiger charge is -2.19. The summed E-state index contributed by atoms with van der Waals surface area (Å²) < 4.78 is 38.1. The third-order valence-corrected chi connectivity index (χ3v) is 3.69. The maximum Gasteiger partial charge on any atom is 0.406 e. The number of nitrogens with zero attached hydrogens (tertiary/aromatic N) is 2. The summed E-state index contributed by atoms with van der Waals surface area (Å²) in [7, 11) is 1.12. The first-order chi connectivity index (χ1) is 10.7. The van der Waals surface area contributed by atoms with Crippen molar-refractivity contribution in [2.24, 2.45) is 0 Å². The smallest absolute Gasteiger partial charge is 0.333 e. The Labute approximate surface area is 140 Å². The van der Waals surface area contributed by atoms with E-state index >= 15 is 0 Å². The molecule has 0 unspecified atom stereocenters. The van der Waals surface area contributed by atoms with Gasteiger partial charge in [-0.15, -0.1) is 0 Å². The molecule has 0 aliphatic carbocycles. The first-order valence-corrected chi connectivity index (χ1v) is 7.52. The first-order valence-electron chi connectivity index (χ1n) is 6.73. The topological polar surface area (TPSA) is 33.2 Å². The number of aromatic nitrogens is 1. The molecule has 0 atom stereocenters. The molecule has 2 rings (SSSR count). The van der Waals surface area contributed by atoms with E-state index in [2.05, 4.69) is 20.9 Å². The third kappa shape index (κ3) is 4.54. The van der Waals surface area contributed by atoms with Gasteiger partial charge in [-0.3, -0.25) is 9.78 Å². The second-order valence-corrected chi connectivity index (χ2v) is 6.03. The van der Waals surface area contributed by atoms with E-state index in [1.165, 1.54) is 6.07 Å². The summed E-state index contributed by atoms with van der Waals surface area (Å²) in [5.74, 6) is -0.701. The molecular weight excluding hydrogens is 373 g/mol. The quantitative estimate of drug-likeness (QED) is 0.780. The van der Waals surface area contributed by atoms with E-state index in [1.807, 2.05) is 24.3 Å². The number of hydrogen-bond acceptors (Lipinski definition) is 2. The van der Waals surface area contributed by atoms with Gasteiger partial charge < -0.3 is 4.90 Å². The second-order valence-electron chi connectivity index (χ2n) is 5.12. The normalized spacial score (nSPS) is 11.4. The fraction of sp³-hybridized carbons (Fsp3) is 0.250. The van der Waals surface area contributed by atoms with E-state index in [4.69, 9.17) is 0 Å². The van der Waals surface area contributed by atoms with Crippen molar-refractivity contribution in [1.82, 2.24) is 9.88 Å². The molecule has 1 heterocycles. The zero-order chi connectivity index (χ0) is 17.2. The Morgan fingerprint density at radius 3 is 2.52 bits per heavy atom. The number of carbonyl (C=O) groups excluding carboxylic acids is 1. The van der Waals surface area contributed by atoms with Gasteiger partial charge in [-0.05, 0) is 31.2 Å². The highest BCUT2D eigenvalue weighted by Crippen LogP contribution is 2.23. The molecule has 0 bridgehead atoms. The predicted octanol–water partition coefficient (Wildman–Crippen LogP) is 4.45. The Morgan fingerprint density at radius 1 is 1.26 bits per heavy atom. The van der Waals surface area contributed by atoms with Gasteiger partial charge in [0.1, 0.15) is 6.54 Å². The highest BCUT2D eigenvalue weighted by Gasteiger charge is 2.32. The number of alkyl halides is 3. The van der Waals surface area contributed by atoms with Crippen LogP contribution in [0, 0.1) is 6.92 Å². The number of aryl methyl sites for hydroxylation is 1.